The van der Waals surface area contributed by atoms with Gasteiger partial charge in [-0.05, 0) is 32.2 Å². The number of hydrogen-bond acceptors (Lipinski definition) is 6. The average molecular weight is 323 g/mol. The zero-order valence-electron chi connectivity index (χ0n) is 13.0. The van der Waals surface area contributed by atoms with Crippen molar-refractivity contribution in [3.63, 3.8) is 0 Å². The minimum Gasteiger partial charge on any atom is -0.383 e. The Bertz CT molecular complexity index is 607. The highest BCUT2D eigenvalue weighted by Gasteiger charge is 2.24. The summed E-state index contributed by atoms with van der Waals surface area (Å²) in [7, 11) is 0. The first-order valence-corrected chi connectivity index (χ1v) is 7.97. The highest BCUT2D eigenvalue weighted by atomic mass is 32.1. The predicted molar refractivity (Wildman–Crippen MR) is 85.7 cm³/mol. The van der Waals surface area contributed by atoms with E-state index >= 15 is 0 Å². The third-order valence-corrected chi connectivity index (χ3v) is 4.06. The maximum absolute atomic E-state index is 10.5. The molecule has 0 aliphatic heterocycles. The normalized spacial score (nSPS) is 14.6. The van der Waals surface area contributed by atoms with Crippen LogP contribution in [-0.2, 0) is 12.1 Å². The van der Waals surface area contributed by atoms with Crippen LogP contribution in [0.1, 0.15) is 30.4 Å². The van der Waals surface area contributed by atoms with E-state index < -0.39 is 5.60 Å². The largest absolute Gasteiger partial charge is 0.383 e. The lowest BCUT2D eigenvalue weighted by Gasteiger charge is -2.23. The van der Waals surface area contributed by atoms with Crippen LogP contribution in [0.15, 0.2) is 27.0 Å². The molecule has 1 unspecified atom stereocenters. The van der Waals surface area contributed by atoms with Gasteiger partial charge in [-0.1, -0.05) is 11.2 Å². The number of nitrogens with one attached hydrogen (secondary N) is 2. The van der Waals surface area contributed by atoms with Gasteiger partial charge in [-0.2, -0.15) is 4.98 Å². The molecular weight excluding hydrogens is 302 g/mol. The Morgan fingerprint density at radius 2 is 2.32 bits per heavy atom. The van der Waals surface area contributed by atoms with Crippen molar-refractivity contribution in [2.75, 3.05) is 13.1 Å². The van der Waals surface area contributed by atoms with Gasteiger partial charge in [0.25, 0.3) is 0 Å². The molecule has 0 saturated carbocycles. The van der Waals surface area contributed by atoms with Crippen LogP contribution in [0, 0.1) is 6.92 Å². The van der Waals surface area contributed by atoms with Gasteiger partial charge in [-0.15, -0.1) is 11.3 Å². The number of guanidine groups is 1. The molecule has 0 fully saturated rings. The lowest BCUT2D eigenvalue weighted by molar-refractivity contribution is 0.0655. The zero-order valence-corrected chi connectivity index (χ0v) is 13.8. The van der Waals surface area contributed by atoms with Crippen LogP contribution in [-0.4, -0.2) is 34.3 Å². The summed E-state index contributed by atoms with van der Waals surface area (Å²) < 4.78 is 5.03. The van der Waals surface area contributed by atoms with Gasteiger partial charge in [-0.3, -0.25) is 0 Å². The van der Waals surface area contributed by atoms with E-state index in [4.69, 9.17) is 4.52 Å². The van der Waals surface area contributed by atoms with Gasteiger partial charge < -0.3 is 20.3 Å². The molecule has 0 aliphatic carbocycles. The summed E-state index contributed by atoms with van der Waals surface area (Å²) in [5.74, 6) is 1.64. The van der Waals surface area contributed by atoms with Crippen LogP contribution in [0.5, 0.6) is 0 Å². The second-order valence-electron chi connectivity index (χ2n) is 5.04. The summed E-state index contributed by atoms with van der Waals surface area (Å²) in [5.41, 5.74) is -0.953. The fourth-order valence-corrected chi connectivity index (χ4v) is 2.61. The summed E-state index contributed by atoms with van der Waals surface area (Å²) in [6.45, 7) is 6.87. The van der Waals surface area contributed by atoms with Gasteiger partial charge >= 0.3 is 0 Å². The molecule has 2 heterocycles. The lowest BCUT2D eigenvalue weighted by atomic mass is 10.1. The molecule has 0 radical (unpaired) electrons. The molecule has 22 heavy (non-hydrogen) atoms. The number of nitrogens with zero attached hydrogens (tertiary/aromatic N) is 3. The quantitative estimate of drug-likeness (QED) is 0.549. The molecule has 2 rings (SSSR count). The van der Waals surface area contributed by atoms with Gasteiger partial charge in [-0.25, -0.2) is 4.99 Å². The first-order valence-electron chi connectivity index (χ1n) is 7.09. The number of aliphatic hydroxyl groups is 1. The molecule has 0 aromatic carbocycles. The minimum absolute atomic E-state index is 0.289. The first-order chi connectivity index (χ1) is 10.5. The van der Waals surface area contributed by atoms with Crippen molar-refractivity contribution in [3.8, 4) is 0 Å². The van der Waals surface area contributed by atoms with E-state index in [1.807, 2.05) is 24.4 Å². The molecular formula is C14H21N5O2S. The molecule has 7 nitrogen and oxygen atoms in total. The van der Waals surface area contributed by atoms with Crippen LogP contribution < -0.4 is 10.6 Å². The second kappa shape index (κ2) is 7.37. The second-order valence-corrected chi connectivity index (χ2v) is 5.98. The Kier molecular flexibility index (Phi) is 5.51. The summed E-state index contributed by atoms with van der Waals surface area (Å²) in [6, 6.07) is 3.84. The highest BCUT2D eigenvalue weighted by Crippen LogP contribution is 2.24. The summed E-state index contributed by atoms with van der Waals surface area (Å²) >= 11 is 1.52. The Hall–Kier alpha value is -1.93. The molecule has 0 saturated heterocycles. The molecule has 0 aliphatic rings. The van der Waals surface area contributed by atoms with Crippen molar-refractivity contribution in [2.24, 2.45) is 4.99 Å². The number of thiophene rings is 1. The monoisotopic (exact) mass is 323 g/mol. The van der Waals surface area contributed by atoms with E-state index in [-0.39, 0.29) is 6.54 Å². The fraction of sp³-hybridized carbons (Fsp3) is 0.500. The van der Waals surface area contributed by atoms with E-state index in [1.165, 1.54) is 11.3 Å². The topological polar surface area (TPSA) is 95.6 Å². The summed E-state index contributed by atoms with van der Waals surface area (Å²) in [6.07, 6.45) is 0. The van der Waals surface area contributed by atoms with Gasteiger partial charge in [0.15, 0.2) is 11.8 Å². The van der Waals surface area contributed by atoms with E-state index in [2.05, 4.69) is 25.8 Å². The van der Waals surface area contributed by atoms with Crippen molar-refractivity contribution >= 4 is 17.3 Å². The van der Waals surface area contributed by atoms with E-state index in [9.17, 15) is 5.11 Å². The van der Waals surface area contributed by atoms with Gasteiger partial charge in [0, 0.05) is 11.4 Å². The third kappa shape index (κ3) is 4.54. The molecule has 0 bridgehead atoms. The summed E-state index contributed by atoms with van der Waals surface area (Å²) in [4.78, 5) is 9.38. The molecule has 120 valence electrons. The van der Waals surface area contributed by atoms with Crippen molar-refractivity contribution in [1.82, 2.24) is 20.8 Å². The number of aromatic nitrogens is 2. The Morgan fingerprint density at radius 3 is 2.91 bits per heavy atom. The molecule has 0 spiro atoms. The number of hydrogen-bond donors (Lipinski definition) is 3. The van der Waals surface area contributed by atoms with E-state index in [0.717, 1.165) is 11.4 Å². The standard InChI is InChI=1S/C14H21N5O2S/c1-4-15-13(16-8-12-18-10(2)19-21-12)17-9-14(3,20)11-6-5-7-22-11/h5-7,20H,4,8-9H2,1-3H3,(H2,15,16,17). The smallest absolute Gasteiger partial charge is 0.248 e. The zero-order chi connectivity index (χ0) is 16.0. The highest BCUT2D eigenvalue weighted by molar-refractivity contribution is 7.10. The molecule has 2 aromatic heterocycles. The van der Waals surface area contributed by atoms with Crippen LogP contribution in [0.25, 0.3) is 0 Å². The number of aliphatic imine (C=N–C) groups is 1. The molecule has 0 amide bonds. The van der Waals surface area contributed by atoms with Crippen molar-refractivity contribution in [2.45, 2.75) is 32.9 Å². The van der Waals surface area contributed by atoms with Crippen LogP contribution in [0.2, 0.25) is 0 Å². The van der Waals surface area contributed by atoms with E-state index in [1.54, 1.807) is 13.8 Å². The first kappa shape index (κ1) is 16.4. The van der Waals surface area contributed by atoms with Crippen LogP contribution in [0.3, 0.4) is 0 Å². The summed E-state index contributed by atoms with van der Waals surface area (Å²) in [5, 5.41) is 22.4. The Morgan fingerprint density at radius 1 is 1.50 bits per heavy atom. The fourth-order valence-electron chi connectivity index (χ4n) is 1.82. The molecule has 2 aromatic rings. The van der Waals surface area contributed by atoms with Gasteiger partial charge in [0.05, 0.1) is 6.54 Å². The minimum atomic E-state index is -0.953. The van der Waals surface area contributed by atoms with Crippen molar-refractivity contribution < 1.29 is 9.63 Å². The molecule has 3 N–H and O–H groups in total. The SMILES string of the molecule is CCNC(=NCc1nc(C)no1)NCC(C)(O)c1cccs1. The third-order valence-electron chi connectivity index (χ3n) is 2.94. The average Bonchev–Trinajstić information content (AvgIpc) is 3.13. The van der Waals surface area contributed by atoms with Crippen LogP contribution in [0.4, 0.5) is 0 Å². The maximum atomic E-state index is 10.5. The Labute approximate surface area is 133 Å². The van der Waals surface area contributed by atoms with Gasteiger partial charge in [0.1, 0.15) is 12.1 Å². The van der Waals surface area contributed by atoms with Crippen LogP contribution >= 0.6 is 11.3 Å². The lowest BCUT2D eigenvalue weighted by Crippen LogP contribution is -2.44. The maximum Gasteiger partial charge on any atom is 0.248 e. The number of aryl methyl sites for hydroxylation is 1. The number of rotatable bonds is 6. The molecule has 8 heteroatoms. The van der Waals surface area contributed by atoms with Crippen molar-refractivity contribution in [3.05, 3.63) is 34.1 Å². The van der Waals surface area contributed by atoms with E-state index in [0.29, 0.717) is 24.2 Å². The van der Waals surface area contributed by atoms with Gasteiger partial charge in [0.2, 0.25) is 5.89 Å². The molecule has 1 atom stereocenters. The van der Waals surface area contributed by atoms with Crippen molar-refractivity contribution in [1.29, 1.82) is 0 Å². The Balaban J connectivity index is 1.96. The predicted octanol–water partition coefficient (Wildman–Crippen LogP) is 1.40.